The molecule has 47 heavy (non-hydrogen) atoms. The summed E-state index contributed by atoms with van der Waals surface area (Å²) in [6.45, 7) is 9.88. The van der Waals surface area contributed by atoms with E-state index in [4.69, 9.17) is 26.1 Å². The number of carbonyl (C=O) groups excluding carboxylic acids is 2. The van der Waals surface area contributed by atoms with Gasteiger partial charge in [-0.25, -0.2) is 4.79 Å². The van der Waals surface area contributed by atoms with E-state index in [1.54, 1.807) is 21.6 Å². The number of nitrogens with one attached hydrogen (secondary N) is 1. The first-order chi connectivity index (χ1) is 22.5. The first kappa shape index (κ1) is 32.5. The Hall–Kier alpha value is -4.45. The van der Waals surface area contributed by atoms with Gasteiger partial charge in [-0.05, 0) is 63.4 Å². The van der Waals surface area contributed by atoms with Crippen molar-refractivity contribution >= 4 is 52.1 Å². The Morgan fingerprint density at radius 1 is 1.19 bits per heavy atom. The van der Waals surface area contributed by atoms with Gasteiger partial charge in [-0.3, -0.25) is 9.59 Å². The van der Waals surface area contributed by atoms with Crippen LogP contribution in [0.3, 0.4) is 0 Å². The third-order valence-corrected chi connectivity index (χ3v) is 9.41. The highest BCUT2D eigenvalue weighted by atomic mass is 35.5. The lowest BCUT2D eigenvalue weighted by Gasteiger charge is -2.37. The fraction of sp³-hybridized carbons (Fsp3) is 0.438. The largest absolute Gasteiger partial charge is 0.444 e. The summed E-state index contributed by atoms with van der Waals surface area (Å²) in [4.78, 5) is 50.8. The van der Waals surface area contributed by atoms with Crippen LogP contribution in [0, 0.1) is 11.3 Å². The van der Waals surface area contributed by atoms with Crippen LogP contribution in [0.4, 0.5) is 16.2 Å². The summed E-state index contributed by atoms with van der Waals surface area (Å²) in [5, 5.41) is 16.9. The van der Waals surface area contributed by atoms with E-state index in [0.717, 1.165) is 16.2 Å². The quantitative estimate of drug-likeness (QED) is 0.312. The van der Waals surface area contributed by atoms with Gasteiger partial charge in [0, 0.05) is 31.1 Å². The molecule has 2 aliphatic heterocycles. The third-order valence-electron chi connectivity index (χ3n) is 7.95. The average molecular weight is 679 g/mol. The van der Waals surface area contributed by atoms with E-state index in [1.165, 1.54) is 27.5 Å². The molecule has 1 fully saturated rings. The van der Waals surface area contributed by atoms with Crippen molar-refractivity contribution < 1.29 is 19.1 Å². The molecule has 0 aliphatic carbocycles. The number of nitrogens with zero attached hydrogens (tertiary/aromatic N) is 7. The molecule has 5 heterocycles. The Bertz CT molecular complexity index is 1940. The number of hydrogen-bond donors (Lipinski definition) is 1. The number of carbonyl (C=O) groups is 2. The second-order valence-electron chi connectivity index (χ2n) is 12.4. The van der Waals surface area contributed by atoms with Crippen molar-refractivity contribution in [3.63, 3.8) is 0 Å². The SMILES string of the molecule is CCc1c(N2CCN(C(=O)OC(C)(C)C)CC2)c(=O)n2nc(-c3cc4c(s3)COCC4)nc2n1CC(=O)Nc1ccc(C#N)cc1Cl. The molecule has 1 saturated heterocycles. The van der Waals surface area contributed by atoms with E-state index in [1.807, 2.05) is 44.7 Å². The Morgan fingerprint density at radius 2 is 1.96 bits per heavy atom. The Kier molecular flexibility index (Phi) is 8.97. The molecule has 0 spiro atoms. The van der Waals surface area contributed by atoms with Gasteiger partial charge in [0.15, 0.2) is 5.82 Å². The van der Waals surface area contributed by atoms with Crippen LogP contribution in [0.1, 0.15) is 49.4 Å². The zero-order chi connectivity index (χ0) is 33.5. The minimum Gasteiger partial charge on any atom is -0.444 e. The van der Waals surface area contributed by atoms with E-state index in [0.29, 0.717) is 74.3 Å². The molecule has 0 unspecified atom stereocenters. The van der Waals surface area contributed by atoms with Crippen molar-refractivity contribution in [2.24, 2.45) is 0 Å². The standard InChI is InChI=1S/C32H35ClN8O5S/c1-5-23-27(38-9-11-39(12-10-38)31(44)46-32(2,3)4)29(43)41-30(36-28(37-41)24-15-20-8-13-45-18-25(20)47-24)40(23)17-26(42)35-22-7-6-19(16-34)14-21(22)33/h6-7,14-15H,5,8-13,17-18H2,1-4H3,(H,35,42). The molecule has 0 atom stereocenters. The highest BCUT2D eigenvalue weighted by molar-refractivity contribution is 7.15. The second-order valence-corrected chi connectivity index (χ2v) is 13.9. The van der Waals surface area contributed by atoms with Gasteiger partial charge in [0.1, 0.15) is 17.8 Å². The summed E-state index contributed by atoms with van der Waals surface area (Å²) in [5.74, 6) is 0.229. The van der Waals surface area contributed by atoms with Gasteiger partial charge in [-0.2, -0.15) is 14.8 Å². The van der Waals surface area contributed by atoms with Gasteiger partial charge in [-0.15, -0.1) is 16.4 Å². The minimum absolute atomic E-state index is 0.179. The number of amides is 2. The van der Waals surface area contributed by atoms with Gasteiger partial charge in [-0.1, -0.05) is 18.5 Å². The van der Waals surface area contributed by atoms with Crippen molar-refractivity contribution in [2.45, 2.75) is 59.3 Å². The maximum absolute atomic E-state index is 14.2. The predicted octanol–water partition coefficient (Wildman–Crippen LogP) is 4.48. The zero-order valence-electron chi connectivity index (χ0n) is 26.6. The molecule has 6 rings (SSSR count). The van der Waals surface area contributed by atoms with E-state index in [-0.39, 0.29) is 22.9 Å². The van der Waals surface area contributed by atoms with Gasteiger partial charge in [0.05, 0.1) is 46.1 Å². The smallest absolute Gasteiger partial charge is 0.410 e. The fourth-order valence-electron chi connectivity index (χ4n) is 5.75. The zero-order valence-corrected chi connectivity index (χ0v) is 28.2. The minimum atomic E-state index is -0.620. The summed E-state index contributed by atoms with van der Waals surface area (Å²) in [6.07, 6.45) is 0.818. The molecular weight excluding hydrogens is 644 g/mol. The Balaban J connectivity index is 1.39. The molecule has 1 N–H and O–H groups in total. The third kappa shape index (κ3) is 6.69. The molecule has 13 nitrogen and oxygen atoms in total. The van der Waals surface area contributed by atoms with E-state index in [2.05, 4.69) is 10.4 Å². The molecule has 15 heteroatoms. The lowest BCUT2D eigenvalue weighted by Crippen LogP contribution is -2.51. The summed E-state index contributed by atoms with van der Waals surface area (Å²) >= 11 is 7.88. The van der Waals surface area contributed by atoms with Crippen LogP contribution in [0.15, 0.2) is 29.1 Å². The fourth-order valence-corrected chi connectivity index (χ4v) is 7.06. The maximum Gasteiger partial charge on any atom is 0.410 e. The molecule has 0 radical (unpaired) electrons. The number of rotatable bonds is 6. The van der Waals surface area contributed by atoms with E-state index < -0.39 is 17.6 Å². The van der Waals surface area contributed by atoms with Crippen molar-refractivity contribution in [1.29, 1.82) is 5.26 Å². The number of hydrogen-bond acceptors (Lipinski definition) is 10. The lowest BCUT2D eigenvalue weighted by atomic mass is 10.1. The number of halogens is 1. The van der Waals surface area contributed by atoms with Crippen LogP contribution in [0.2, 0.25) is 5.02 Å². The summed E-state index contributed by atoms with van der Waals surface area (Å²) in [5.41, 5.74) is 1.97. The van der Waals surface area contributed by atoms with Crippen molar-refractivity contribution in [2.75, 3.05) is 43.0 Å². The number of thiophene rings is 1. The lowest BCUT2D eigenvalue weighted by molar-refractivity contribution is -0.116. The highest BCUT2D eigenvalue weighted by Crippen LogP contribution is 2.33. The second kappa shape index (κ2) is 13.0. The van der Waals surface area contributed by atoms with Crippen LogP contribution in [0.5, 0.6) is 0 Å². The van der Waals surface area contributed by atoms with Gasteiger partial charge < -0.3 is 29.2 Å². The number of fused-ring (bicyclic) bond motifs is 2. The number of ether oxygens (including phenoxy) is 2. The molecule has 246 valence electrons. The first-order valence-corrected chi connectivity index (χ1v) is 16.6. The number of anilines is 2. The number of benzene rings is 1. The molecule has 4 aromatic rings. The van der Waals surface area contributed by atoms with E-state index in [9.17, 15) is 19.6 Å². The van der Waals surface area contributed by atoms with Gasteiger partial charge >= 0.3 is 6.09 Å². The van der Waals surface area contributed by atoms with Crippen LogP contribution < -0.4 is 15.8 Å². The van der Waals surface area contributed by atoms with Crippen molar-refractivity contribution in [3.8, 4) is 16.8 Å². The average Bonchev–Trinajstić information content (AvgIpc) is 3.68. The highest BCUT2D eigenvalue weighted by Gasteiger charge is 2.31. The normalized spacial score (nSPS) is 15.0. The first-order valence-electron chi connectivity index (χ1n) is 15.4. The van der Waals surface area contributed by atoms with Crippen LogP contribution in [0.25, 0.3) is 16.5 Å². The van der Waals surface area contributed by atoms with Crippen molar-refractivity contribution in [3.05, 3.63) is 61.3 Å². The molecule has 2 aliphatic rings. The van der Waals surface area contributed by atoms with Crippen LogP contribution in [-0.4, -0.2) is 74.5 Å². The van der Waals surface area contributed by atoms with Gasteiger partial charge in [0.2, 0.25) is 11.7 Å². The maximum atomic E-state index is 14.2. The Labute approximate surface area is 280 Å². The topological polar surface area (TPSA) is 147 Å². The molecule has 2 amide bonds. The molecule has 0 saturated carbocycles. The summed E-state index contributed by atoms with van der Waals surface area (Å²) < 4.78 is 14.2. The number of aromatic nitrogens is 4. The van der Waals surface area contributed by atoms with Gasteiger partial charge in [0.25, 0.3) is 5.56 Å². The molecular formula is C32H35ClN8O5S. The summed E-state index contributed by atoms with van der Waals surface area (Å²) in [6, 6.07) is 8.71. The van der Waals surface area contributed by atoms with Crippen LogP contribution in [-0.2, 0) is 40.3 Å². The monoisotopic (exact) mass is 678 g/mol. The predicted molar refractivity (Wildman–Crippen MR) is 178 cm³/mol. The number of nitriles is 1. The van der Waals surface area contributed by atoms with Crippen molar-refractivity contribution in [1.82, 2.24) is 24.1 Å². The number of piperazine rings is 1. The molecule has 1 aromatic carbocycles. The Morgan fingerprint density at radius 3 is 2.62 bits per heavy atom. The molecule has 0 bridgehead atoms. The summed E-state index contributed by atoms with van der Waals surface area (Å²) in [7, 11) is 0. The van der Waals surface area contributed by atoms with Crippen LogP contribution >= 0.6 is 22.9 Å². The molecule has 3 aromatic heterocycles. The van der Waals surface area contributed by atoms with E-state index >= 15 is 0 Å².